The van der Waals surface area contributed by atoms with Crippen LogP contribution in [-0.4, -0.2) is 48.8 Å². The lowest BCUT2D eigenvalue weighted by atomic mass is 10.1. The number of para-hydroxylation sites is 1. The summed E-state index contributed by atoms with van der Waals surface area (Å²) >= 11 is 0. The number of hydrogen-bond donors (Lipinski definition) is 0. The third-order valence-corrected chi connectivity index (χ3v) is 5.92. The lowest BCUT2D eigenvalue weighted by Gasteiger charge is -2.18. The maximum Gasteiger partial charge on any atom is 0.416 e. The van der Waals surface area contributed by atoms with Crippen molar-refractivity contribution in [2.45, 2.75) is 26.1 Å². The molecule has 214 valence electrons. The molecule has 0 aliphatic heterocycles. The summed E-state index contributed by atoms with van der Waals surface area (Å²) in [5, 5.41) is 4.53. The number of ether oxygens (including phenoxy) is 4. The van der Waals surface area contributed by atoms with E-state index in [0.717, 1.165) is 16.8 Å². The largest absolute Gasteiger partial charge is 0.493 e. The number of nitrogens with zero attached hydrogens (tertiary/aromatic N) is 3. The molecule has 3 aromatic carbocycles. The van der Waals surface area contributed by atoms with Crippen molar-refractivity contribution >= 4 is 23.1 Å². The van der Waals surface area contributed by atoms with E-state index in [9.17, 15) is 22.8 Å². The average molecular weight is 570 g/mol. The number of methoxy groups -OCH3 is 2. The summed E-state index contributed by atoms with van der Waals surface area (Å²) in [6.45, 7) is 3.37. The van der Waals surface area contributed by atoms with Crippen LogP contribution in [0.5, 0.6) is 17.2 Å². The fraction of sp³-hybridized carbons (Fsp3) is 0.241. The molecule has 0 spiro atoms. The van der Waals surface area contributed by atoms with Crippen LogP contribution in [0.3, 0.4) is 0 Å². The van der Waals surface area contributed by atoms with Gasteiger partial charge in [-0.3, -0.25) is 4.79 Å². The molecule has 1 heterocycles. The van der Waals surface area contributed by atoms with Gasteiger partial charge in [-0.05, 0) is 50.2 Å². The summed E-state index contributed by atoms with van der Waals surface area (Å²) in [6.07, 6.45) is -4.25. The molecule has 41 heavy (non-hydrogen) atoms. The molecule has 1 atom stereocenters. The predicted octanol–water partition coefficient (Wildman–Crippen LogP) is 5.31. The van der Waals surface area contributed by atoms with Gasteiger partial charge in [0, 0.05) is 11.1 Å². The minimum Gasteiger partial charge on any atom is -0.493 e. The first-order valence-corrected chi connectivity index (χ1v) is 12.4. The molecule has 0 unspecified atom stereocenters. The molecule has 0 radical (unpaired) electrons. The second kappa shape index (κ2) is 12.1. The maximum absolute atomic E-state index is 13.4. The number of halogens is 3. The van der Waals surface area contributed by atoms with Crippen LogP contribution in [0.2, 0.25) is 0 Å². The monoisotopic (exact) mass is 569 g/mol. The Labute approximate surface area is 232 Å². The van der Waals surface area contributed by atoms with E-state index in [1.807, 2.05) is 0 Å². The fourth-order valence-corrected chi connectivity index (χ4v) is 3.95. The van der Waals surface area contributed by atoms with Gasteiger partial charge in [-0.25, -0.2) is 9.78 Å². The van der Waals surface area contributed by atoms with Crippen molar-refractivity contribution in [1.29, 1.82) is 0 Å². The molecule has 4 rings (SSSR count). The highest BCUT2D eigenvalue weighted by molar-refractivity contribution is 5.84. The molecule has 0 fully saturated rings. The third-order valence-electron chi connectivity index (χ3n) is 5.92. The molecule has 9 nitrogen and oxygen atoms in total. The molecule has 0 saturated carbocycles. The fourth-order valence-electron chi connectivity index (χ4n) is 3.95. The number of aromatic nitrogens is 2. The summed E-state index contributed by atoms with van der Waals surface area (Å²) in [4.78, 5) is 30.0. The van der Waals surface area contributed by atoms with E-state index in [4.69, 9.17) is 18.9 Å². The zero-order chi connectivity index (χ0) is 29.7. The van der Waals surface area contributed by atoms with Crippen LogP contribution in [0.15, 0.2) is 70.6 Å². The molecular formula is C29H26F3N3O6. The molecular weight excluding hydrogens is 543 g/mol. The van der Waals surface area contributed by atoms with Crippen LogP contribution in [0, 0.1) is 0 Å². The van der Waals surface area contributed by atoms with Crippen molar-refractivity contribution in [1.82, 2.24) is 9.66 Å². The second-order valence-electron chi connectivity index (χ2n) is 8.66. The summed E-state index contributed by atoms with van der Waals surface area (Å²) < 4.78 is 62.9. The van der Waals surface area contributed by atoms with E-state index in [2.05, 4.69) is 10.1 Å². The number of carbonyl (C=O) groups excluding carboxylic acids is 1. The van der Waals surface area contributed by atoms with E-state index in [1.165, 1.54) is 51.6 Å². The molecule has 0 bridgehead atoms. The molecule has 0 aliphatic carbocycles. The Morgan fingerprint density at radius 2 is 1.73 bits per heavy atom. The number of fused-ring (bicyclic) bond motifs is 1. The quantitative estimate of drug-likeness (QED) is 0.199. The molecule has 0 N–H and O–H groups in total. The van der Waals surface area contributed by atoms with E-state index in [-0.39, 0.29) is 40.6 Å². The summed E-state index contributed by atoms with van der Waals surface area (Å²) in [6, 6.07) is 14.0. The lowest BCUT2D eigenvalue weighted by Crippen LogP contribution is -2.26. The Balaban J connectivity index is 1.82. The van der Waals surface area contributed by atoms with Gasteiger partial charge in [0.05, 0.1) is 43.5 Å². The number of carbonyl (C=O) groups is 1. The molecule has 0 saturated heterocycles. The highest BCUT2D eigenvalue weighted by Crippen LogP contribution is 2.39. The van der Waals surface area contributed by atoms with Gasteiger partial charge in [-0.2, -0.15) is 22.9 Å². The number of benzene rings is 3. The lowest BCUT2D eigenvalue weighted by molar-refractivity contribution is -0.150. The number of hydrogen-bond acceptors (Lipinski definition) is 8. The minimum absolute atomic E-state index is 0.0479. The van der Waals surface area contributed by atoms with Crippen molar-refractivity contribution in [3.05, 3.63) is 82.1 Å². The van der Waals surface area contributed by atoms with Crippen molar-refractivity contribution in [3.8, 4) is 28.6 Å². The normalized spacial score (nSPS) is 12.4. The first-order chi connectivity index (χ1) is 19.6. The zero-order valence-corrected chi connectivity index (χ0v) is 22.6. The average Bonchev–Trinajstić information content (AvgIpc) is 2.96. The molecule has 0 aliphatic rings. The van der Waals surface area contributed by atoms with Gasteiger partial charge in [0.1, 0.15) is 0 Å². The molecule has 0 amide bonds. The standard InChI is InChI=1S/C29H26F3N3O6/c1-5-40-28(37)17(2)41-25-23(38-3)13-18(14-24(25)39-4)16-33-35-26(19-9-8-10-20(15-19)29(30,31)32)34-22-12-7-6-11-21(22)27(35)36/h6-17H,5H2,1-4H3/t17-/m1/s1. The van der Waals surface area contributed by atoms with Gasteiger partial charge in [0.25, 0.3) is 5.56 Å². The Morgan fingerprint density at radius 1 is 1.05 bits per heavy atom. The van der Waals surface area contributed by atoms with Gasteiger partial charge in [0.2, 0.25) is 5.75 Å². The van der Waals surface area contributed by atoms with Gasteiger partial charge in [-0.15, -0.1) is 0 Å². The Bertz CT molecular complexity index is 1640. The first-order valence-electron chi connectivity index (χ1n) is 12.4. The second-order valence-corrected chi connectivity index (χ2v) is 8.66. The van der Waals surface area contributed by atoms with Crippen LogP contribution in [-0.2, 0) is 15.7 Å². The summed E-state index contributed by atoms with van der Waals surface area (Å²) in [7, 11) is 2.78. The van der Waals surface area contributed by atoms with E-state index >= 15 is 0 Å². The van der Waals surface area contributed by atoms with Crippen molar-refractivity contribution < 1.29 is 36.9 Å². The van der Waals surface area contributed by atoms with E-state index in [0.29, 0.717) is 11.1 Å². The van der Waals surface area contributed by atoms with Crippen molar-refractivity contribution in [2.75, 3.05) is 20.8 Å². The predicted molar refractivity (Wildman–Crippen MR) is 146 cm³/mol. The zero-order valence-electron chi connectivity index (χ0n) is 22.6. The molecule has 4 aromatic rings. The number of esters is 1. The topological polar surface area (TPSA) is 101 Å². The summed E-state index contributed by atoms with van der Waals surface area (Å²) in [5.41, 5.74) is -0.732. The number of rotatable bonds is 9. The Hall–Kier alpha value is -4.87. The van der Waals surface area contributed by atoms with Gasteiger partial charge in [-0.1, -0.05) is 24.3 Å². The van der Waals surface area contributed by atoms with Gasteiger partial charge in [0.15, 0.2) is 23.4 Å². The minimum atomic E-state index is -4.59. The van der Waals surface area contributed by atoms with E-state index in [1.54, 1.807) is 31.2 Å². The number of alkyl halides is 3. The maximum atomic E-state index is 13.4. The first kappa shape index (κ1) is 29.1. The van der Waals surface area contributed by atoms with Gasteiger partial charge >= 0.3 is 12.1 Å². The third kappa shape index (κ3) is 6.32. The van der Waals surface area contributed by atoms with Crippen LogP contribution >= 0.6 is 0 Å². The summed E-state index contributed by atoms with van der Waals surface area (Å²) in [5.74, 6) is -0.124. The van der Waals surface area contributed by atoms with Gasteiger partial charge < -0.3 is 18.9 Å². The molecule has 1 aromatic heterocycles. The van der Waals surface area contributed by atoms with Crippen molar-refractivity contribution in [3.63, 3.8) is 0 Å². The highest BCUT2D eigenvalue weighted by atomic mass is 19.4. The van der Waals surface area contributed by atoms with Crippen LogP contribution in [0.4, 0.5) is 13.2 Å². The smallest absolute Gasteiger partial charge is 0.416 e. The van der Waals surface area contributed by atoms with Crippen LogP contribution < -0.4 is 19.8 Å². The SMILES string of the molecule is CCOC(=O)[C@@H](C)Oc1c(OC)cc(C=Nn2c(-c3cccc(C(F)(F)F)c3)nc3ccccc3c2=O)cc1OC. The van der Waals surface area contributed by atoms with Crippen LogP contribution in [0.1, 0.15) is 25.0 Å². The Morgan fingerprint density at radius 3 is 2.37 bits per heavy atom. The van der Waals surface area contributed by atoms with Crippen LogP contribution in [0.25, 0.3) is 22.3 Å². The highest BCUT2D eigenvalue weighted by Gasteiger charge is 2.31. The molecule has 12 heteroatoms. The Kier molecular flexibility index (Phi) is 8.60. The van der Waals surface area contributed by atoms with E-state index < -0.39 is 29.4 Å². The van der Waals surface area contributed by atoms with Crippen molar-refractivity contribution in [2.24, 2.45) is 5.10 Å².